The van der Waals surface area contributed by atoms with Crippen molar-refractivity contribution in [3.05, 3.63) is 88.9 Å². The molecule has 0 aliphatic heterocycles. The Kier molecular flexibility index (Phi) is 4.38. The van der Waals surface area contributed by atoms with Crippen LogP contribution in [0.2, 0.25) is 0 Å². The Hall–Kier alpha value is -3.01. The fourth-order valence-electron chi connectivity index (χ4n) is 2.63. The molecule has 0 unspecified atom stereocenters. The third-order valence-corrected chi connectivity index (χ3v) is 3.90. The predicted molar refractivity (Wildman–Crippen MR) is 92.1 cm³/mol. The molecular formula is C20H17FN2O. The molecule has 0 saturated heterocycles. The molecule has 1 amide bonds. The highest BCUT2D eigenvalue weighted by Gasteiger charge is 2.06. The number of carbonyl (C=O) groups is 1. The van der Waals surface area contributed by atoms with E-state index in [2.05, 4.69) is 4.98 Å². The zero-order valence-corrected chi connectivity index (χ0v) is 13.3. The Balaban J connectivity index is 1.90. The quantitative estimate of drug-likeness (QED) is 0.793. The molecule has 0 spiro atoms. The molecule has 120 valence electrons. The van der Waals surface area contributed by atoms with Gasteiger partial charge in [0.25, 0.3) is 0 Å². The number of aromatic nitrogens is 1. The van der Waals surface area contributed by atoms with Crippen LogP contribution in [-0.4, -0.2) is 10.9 Å². The lowest BCUT2D eigenvalue weighted by Crippen LogP contribution is -2.10. The van der Waals surface area contributed by atoms with Gasteiger partial charge in [-0.3, -0.25) is 9.78 Å². The van der Waals surface area contributed by atoms with Gasteiger partial charge >= 0.3 is 0 Å². The van der Waals surface area contributed by atoms with Gasteiger partial charge in [-0.1, -0.05) is 24.3 Å². The molecule has 1 aromatic heterocycles. The first-order valence-corrected chi connectivity index (χ1v) is 7.63. The number of primary amides is 1. The normalized spacial score (nSPS) is 10.6. The number of rotatable bonds is 4. The first kappa shape index (κ1) is 15.9. The third kappa shape index (κ3) is 3.49. The number of benzene rings is 2. The fourth-order valence-corrected chi connectivity index (χ4v) is 2.63. The topological polar surface area (TPSA) is 56.0 Å². The van der Waals surface area contributed by atoms with E-state index < -0.39 is 5.91 Å². The van der Waals surface area contributed by atoms with Gasteiger partial charge in [0.15, 0.2) is 0 Å². The van der Waals surface area contributed by atoms with Crippen molar-refractivity contribution in [2.45, 2.75) is 13.3 Å². The van der Waals surface area contributed by atoms with Crippen LogP contribution in [0.1, 0.15) is 27.0 Å². The summed E-state index contributed by atoms with van der Waals surface area (Å²) in [5.74, 6) is -0.660. The second-order valence-electron chi connectivity index (χ2n) is 5.75. The molecule has 0 fully saturated rings. The maximum Gasteiger partial charge on any atom is 0.248 e. The molecule has 3 nitrogen and oxygen atoms in total. The number of nitrogens with two attached hydrogens (primary N) is 1. The summed E-state index contributed by atoms with van der Waals surface area (Å²) in [6.07, 6.45) is 2.42. The number of carbonyl (C=O) groups excluding carboxylic acids is 1. The Morgan fingerprint density at radius 1 is 1.08 bits per heavy atom. The van der Waals surface area contributed by atoms with Gasteiger partial charge in [0.2, 0.25) is 5.91 Å². The van der Waals surface area contributed by atoms with Gasteiger partial charge in [0, 0.05) is 17.3 Å². The van der Waals surface area contributed by atoms with Crippen LogP contribution in [0.25, 0.3) is 11.3 Å². The van der Waals surface area contributed by atoms with Gasteiger partial charge in [-0.05, 0) is 60.4 Å². The van der Waals surface area contributed by atoms with Crippen molar-refractivity contribution in [3.63, 3.8) is 0 Å². The molecule has 0 aliphatic rings. The molecule has 1 heterocycles. The van der Waals surface area contributed by atoms with Crippen LogP contribution in [0.5, 0.6) is 0 Å². The van der Waals surface area contributed by atoms with Crippen molar-refractivity contribution < 1.29 is 9.18 Å². The minimum absolute atomic E-state index is 0.197. The minimum Gasteiger partial charge on any atom is -0.366 e. The average Bonchev–Trinajstić information content (AvgIpc) is 2.58. The summed E-state index contributed by atoms with van der Waals surface area (Å²) in [7, 11) is 0. The van der Waals surface area contributed by atoms with E-state index in [0.29, 0.717) is 17.5 Å². The third-order valence-electron chi connectivity index (χ3n) is 3.90. The lowest BCUT2D eigenvalue weighted by atomic mass is 10.0. The molecule has 3 aromatic rings. The molecule has 0 radical (unpaired) electrons. The van der Waals surface area contributed by atoms with Crippen molar-refractivity contribution >= 4 is 5.91 Å². The summed E-state index contributed by atoms with van der Waals surface area (Å²) in [5, 5.41) is 0. The number of nitrogens with zero attached hydrogens (tertiary/aromatic N) is 1. The molecular weight excluding hydrogens is 303 g/mol. The van der Waals surface area contributed by atoms with Gasteiger partial charge in [0.05, 0.1) is 5.69 Å². The summed E-state index contributed by atoms with van der Waals surface area (Å²) < 4.78 is 13.4. The van der Waals surface area contributed by atoms with Crippen molar-refractivity contribution in [1.82, 2.24) is 4.98 Å². The molecule has 2 aromatic carbocycles. The van der Waals surface area contributed by atoms with Crippen LogP contribution < -0.4 is 5.73 Å². The largest absolute Gasteiger partial charge is 0.366 e. The Labute approximate surface area is 140 Å². The predicted octanol–water partition coefficient (Wildman–Crippen LogP) is 3.89. The van der Waals surface area contributed by atoms with Crippen LogP contribution in [0, 0.1) is 12.7 Å². The molecule has 0 saturated carbocycles. The van der Waals surface area contributed by atoms with E-state index in [4.69, 9.17) is 5.73 Å². The van der Waals surface area contributed by atoms with Gasteiger partial charge in [-0.15, -0.1) is 0 Å². The molecule has 4 heteroatoms. The minimum atomic E-state index is -0.463. The van der Waals surface area contributed by atoms with Crippen LogP contribution in [0.4, 0.5) is 4.39 Å². The maximum absolute atomic E-state index is 13.4. The van der Waals surface area contributed by atoms with E-state index in [1.807, 2.05) is 24.3 Å². The summed E-state index contributed by atoms with van der Waals surface area (Å²) in [4.78, 5) is 15.7. The van der Waals surface area contributed by atoms with Gasteiger partial charge in [-0.25, -0.2) is 4.39 Å². The lowest BCUT2D eigenvalue weighted by Gasteiger charge is -2.07. The van der Waals surface area contributed by atoms with Crippen molar-refractivity contribution in [2.24, 2.45) is 5.73 Å². The maximum atomic E-state index is 13.4. The smallest absolute Gasteiger partial charge is 0.248 e. The van der Waals surface area contributed by atoms with Crippen LogP contribution in [0.15, 0.2) is 60.8 Å². The van der Waals surface area contributed by atoms with Gasteiger partial charge in [-0.2, -0.15) is 0 Å². The zero-order valence-electron chi connectivity index (χ0n) is 13.3. The molecule has 3 rings (SSSR count). The van der Waals surface area contributed by atoms with E-state index in [1.54, 1.807) is 37.4 Å². The second kappa shape index (κ2) is 6.62. The van der Waals surface area contributed by atoms with Gasteiger partial charge < -0.3 is 5.73 Å². The summed E-state index contributed by atoms with van der Waals surface area (Å²) in [6, 6.07) is 16.1. The lowest BCUT2D eigenvalue weighted by molar-refractivity contribution is 0.100. The molecule has 0 aliphatic carbocycles. The molecule has 0 atom stereocenters. The number of hydrogen-bond donors (Lipinski definition) is 1. The Morgan fingerprint density at radius 2 is 1.88 bits per heavy atom. The summed E-state index contributed by atoms with van der Waals surface area (Å²) in [6.45, 7) is 1.76. The monoisotopic (exact) mass is 320 g/mol. The van der Waals surface area contributed by atoms with E-state index in [1.165, 1.54) is 6.07 Å². The van der Waals surface area contributed by atoms with E-state index >= 15 is 0 Å². The number of pyridine rings is 1. The average molecular weight is 320 g/mol. The highest BCUT2D eigenvalue weighted by Crippen LogP contribution is 2.21. The van der Waals surface area contributed by atoms with E-state index in [0.717, 1.165) is 22.4 Å². The van der Waals surface area contributed by atoms with E-state index in [-0.39, 0.29) is 5.82 Å². The highest BCUT2D eigenvalue weighted by atomic mass is 19.1. The van der Waals surface area contributed by atoms with Crippen LogP contribution >= 0.6 is 0 Å². The molecule has 24 heavy (non-hydrogen) atoms. The fraction of sp³-hybridized carbons (Fsp3) is 0.100. The van der Waals surface area contributed by atoms with E-state index in [9.17, 15) is 9.18 Å². The van der Waals surface area contributed by atoms with Crippen molar-refractivity contribution in [3.8, 4) is 11.3 Å². The standard InChI is InChI=1S/C20H17FN2O/c1-13-9-14(5-6-18(13)21)10-15-7-8-23-19(11-15)16-3-2-4-17(12-16)20(22)24/h2-9,11-12H,10H2,1H3,(H2,22,24). The highest BCUT2D eigenvalue weighted by molar-refractivity contribution is 5.94. The van der Waals surface area contributed by atoms with Crippen molar-refractivity contribution in [1.29, 1.82) is 0 Å². The molecule has 0 bridgehead atoms. The molecule has 2 N–H and O–H groups in total. The van der Waals surface area contributed by atoms with Crippen LogP contribution in [0.3, 0.4) is 0 Å². The number of aryl methyl sites for hydroxylation is 1. The van der Waals surface area contributed by atoms with Crippen molar-refractivity contribution in [2.75, 3.05) is 0 Å². The Bertz CT molecular complexity index is 906. The summed E-state index contributed by atoms with van der Waals surface area (Å²) in [5.41, 5.74) is 10.1. The number of hydrogen-bond acceptors (Lipinski definition) is 2. The number of halogens is 1. The van der Waals surface area contributed by atoms with Gasteiger partial charge in [0.1, 0.15) is 5.82 Å². The summed E-state index contributed by atoms with van der Waals surface area (Å²) >= 11 is 0. The Morgan fingerprint density at radius 3 is 2.62 bits per heavy atom. The SMILES string of the molecule is Cc1cc(Cc2ccnc(-c3cccc(C(N)=O)c3)c2)ccc1F. The zero-order chi connectivity index (χ0) is 17.1. The van der Waals surface area contributed by atoms with Crippen LogP contribution in [-0.2, 0) is 6.42 Å². The second-order valence-corrected chi connectivity index (χ2v) is 5.75. The first-order chi connectivity index (χ1) is 11.5. The number of amides is 1. The first-order valence-electron chi connectivity index (χ1n) is 7.63.